The summed E-state index contributed by atoms with van der Waals surface area (Å²) in [6.45, 7) is 5.02. The van der Waals surface area contributed by atoms with E-state index in [0.717, 1.165) is 42.6 Å². The predicted octanol–water partition coefficient (Wildman–Crippen LogP) is 6.57. The standard InChI is InChI=1S/C32H35F3N4O4/c1-2-25-4-3-15-39(25)20-24-18-29(36-19-28(24)21-7-11-27(12-8-21)43-32(33,34)35)37-30(40)22-5-9-26(10-6-22)38-16-13-23(14-17-38)31(41)42/h5-12,18-19,23,25H,2-4,13-17,20H2,1H3,(H,41,42)(H,36,37,40). The summed E-state index contributed by atoms with van der Waals surface area (Å²) in [6.07, 6.45) is 1.27. The molecule has 3 aromatic rings. The van der Waals surface area contributed by atoms with E-state index < -0.39 is 12.3 Å². The quantitative estimate of drug-likeness (QED) is 0.288. The number of nitrogens with one attached hydrogen (secondary N) is 1. The van der Waals surface area contributed by atoms with Gasteiger partial charge in [-0.3, -0.25) is 14.5 Å². The van der Waals surface area contributed by atoms with Gasteiger partial charge in [-0.2, -0.15) is 0 Å². The summed E-state index contributed by atoms with van der Waals surface area (Å²) in [5, 5.41) is 12.1. The average Bonchev–Trinajstić information content (AvgIpc) is 3.44. The monoisotopic (exact) mass is 596 g/mol. The van der Waals surface area contributed by atoms with Crippen LogP contribution in [0.4, 0.5) is 24.7 Å². The maximum Gasteiger partial charge on any atom is 0.573 e. The number of carboxylic acid groups (broad SMARTS) is 1. The molecule has 0 aliphatic carbocycles. The minimum Gasteiger partial charge on any atom is -0.481 e. The lowest BCUT2D eigenvalue weighted by Crippen LogP contribution is -2.36. The van der Waals surface area contributed by atoms with Crippen molar-refractivity contribution in [3.63, 3.8) is 0 Å². The molecule has 2 N–H and O–H groups in total. The average molecular weight is 597 g/mol. The summed E-state index contributed by atoms with van der Waals surface area (Å²) < 4.78 is 42.0. The summed E-state index contributed by atoms with van der Waals surface area (Å²) in [4.78, 5) is 33.4. The molecule has 3 heterocycles. The highest BCUT2D eigenvalue weighted by atomic mass is 19.4. The molecule has 2 fully saturated rings. The molecule has 11 heteroatoms. The van der Waals surface area contributed by atoms with Crippen LogP contribution in [0.15, 0.2) is 60.8 Å². The third-order valence-corrected chi connectivity index (χ3v) is 8.31. The van der Waals surface area contributed by atoms with Crippen LogP contribution < -0.4 is 15.0 Å². The molecule has 1 atom stereocenters. The Labute approximate surface area is 248 Å². The van der Waals surface area contributed by atoms with Gasteiger partial charge in [0.2, 0.25) is 0 Å². The predicted molar refractivity (Wildman–Crippen MR) is 157 cm³/mol. The van der Waals surface area contributed by atoms with Crippen molar-refractivity contribution in [1.29, 1.82) is 0 Å². The van der Waals surface area contributed by atoms with Crippen molar-refractivity contribution in [1.82, 2.24) is 9.88 Å². The molecule has 0 spiro atoms. The van der Waals surface area contributed by atoms with Crippen molar-refractivity contribution < 1.29 is 32.6 Å². The number of alkyl halides is 3. The molecule has 2 aromatic carbocycles. The number of ether oxygens (including phenoxy) is 1. The Bertz CT molecular complexity index is 1420. The van der Waals surface area contributed by atoms with Crippen LogP contribution in [-0.4, -0.2) is 58.9 Å². The van der Waals surface area contributed by atoms with Gasteiger partial charge in [0.25, 0.3) is 5.91 Å². The molecule has 8 nitrogen and oxygen atoms in total. The van der Waals surface area contributed by atoms with Crippen LogP contribution in [-0.2, 0) is 11.3 Å². The van der Waals surface area contributed by atoms with Crippen molar-refractivity contribution in [3.8, 4) is 16.9 Å². The largest absolute Gasteiger partial charge is 0.573 e. The normalized spacial score (nSPS) is 18.0. The van der Waals surface area contributed by atoms with Gasteiger partial charge in [-0.1, -0.05) is 19.1 Å². The second-order valence-corrected chi connectivity index (χ2v) is 11.1. The summed E-state index contributed by atoms with van der Waals surface area (Å²) in [5.74, 6) is -1.30. The smallest absolute Gasteiger partial charge is 0.481 e. The number of amides is 1. The molecule has 228 valence electrons. The van der Waals surface area contributed by atoms with Gasteiger partial charge in [-0.25, -0.2) is 4.98 Å². The fourth-order valence-electron chi connectivity index (χ4n) is 5.97. The fourth-order valence-corrected chi connectivity index (χ4v) is 5.97. The zero-order chi connectivity index (χ0) is 30.6. The Morgan fingerprint density at radius 2 is 1.72 bits per heavy atom. The molecule has 5 rings (SSSR count). The third kappa shape index (κ3) is 7.64. The number of benzene rings is 2. The van der Waals surface area contributed by atoms with Crippen LogP contribution in [0.3, 0.4) is 0 Å². The summed E-state index contributed by atoms with van der Waals surface area (Å²) >= 11 is 0. The van der Waals surface area contributed by atoms with E-state index in [4.69, 9.17) is 0 Å². The van der Waals surface area contributed by atoms with E-state index in [1.54, 1.807) is 30.5 Å². The molecule has 2 saturated heterocycles. The van der Waals surface area contributed by atoms with Crippen molar-refractivity contribution in [2.45, 2.75) is 58.0 Å². The topological polar surface area (TPSA) is 95.0 Å². The van der Waals surface area contributed by atoms with E-state index in [0.29, 0.717) is 55.5 Å². The second kappa shape index (κ2) is 13.0. The van der Waals surface area contributed by atoms with E-state index in [-0.39, 0.29) is 17.6 Å². The van der Waals surface area contributed by atoms with Gasteiger partial charge in [-0.05, 0) is 92.2 Å². The van der Waals surface area contributed by atoms with Gasteiger partial charge in [0.05, 0.1) is 5.92 Å². The molecule has 1 unspecified atom stereocenters. The molecule has 0 radical (unpaired) electrons. The summed E-state index contributed by atoms with van der Waals surface area (Å²) in [6, 6.07) is 15.2. The Morgan fingerprint density at radius 3 is 2.35 bits per heavy atom. The molecule has 1 amide bonds. The molecule has 43 heavy (non-hydrogen) atoms. The van der Waals surface area contributed by atoms with E-state index in [1.807, 2.05) is 18.2 Å². The highest BCUT2D eigenvalue weighted by Crippen LogP contribution is 2.32. The number of halogens is 3. The highest BCUT2D eigenvalue weighted by molar-refractivity contribution is 6.04. The number of anilines is 2. The molecule has 1 aromatic heterocycles. The molecular formula is C32H35F3N4O4. The van der Waals surface area contributed by atoms with Crippen molar-refractivity contribution in [3.05, 3.63) is 71.9 Å². The molecule has 2 aliphatic heterocycles. The van der Waals surface area contributed by atoms with E-state index in [1.165, 1.54) is 12.1 Å². The van der Waals surface area contributed by atoms with Crippen molar-refractivity contribution >= 4 is 23.4 Å². The first kappa shape index (κ1) is 30.3. The lowest BCUT2D eigenvalue weighted by atomic mass is 9.96. The van der Waals surface area contributed by atoms with Crippen LogP contribution >= 0.6 is 0 Å². The molecular weight excluding hydrogens is 561 g/mol. The Morgan fingerprint density at radius 1 is 1.02 bits per heavy atom. The number of hydrogen-bond acceptors (Lipinski definition) is 6. The third-order valence-electron chi connectivity index (χ3n) is 8.31. The first-order valence-electron chi connectivity index (χ1n) is 14.6. The number of aromatic nitrogens is 1. The van der Waals surface area contributed by atoms with Gasteiger partial charge < -0.3 is 20.1 Å². The summed E-state index contributed by atoms with van der Waals surface area (Å²) in [5.41, 5.74) is 3.78. The minimum atomic E-state index is -4.77. The number of carbonyl (C=O) groups excluding carboxylic acids is 1. The van der Waals surface area contributed by atoms with Crippen LogP contribution in [0.2, 0.25) is 0 Å². The molecule has 0 saturated carbocycles. The number of carboxylic acids is 1. The molecule has 0 bridgehead atoms. The Hall–Kier alpha value is -4.12. The zero-order valence-electron chi connectivity index (χ0n) is 23.9. The Balaban J connectivity index is 1.32. The number of aliphatic carboxylic acids is 1. The maximum absolute atomic E-state index is 13.1. The lowest BCUT2D eigenvalue weighted by molar-refractivity contribution is -0.274. The number of rotatable bonds is 9. The van der Waals surface area contributed by atoms with Crippen LogP contribution in [0.25, 0.3) is 11.1 Å². The van der Waals surface area contributed by atoms with Gasteiger partial charge in [0.1, 0.15) is 11.6 Å². The minimum absolute atomic E-state index is 0.295. The van der Waals surface area contributed by atoms with Gasteiger partial charge in [-0.15, -0.1) is 13.2 Å². The van der Waals surface area contributed by atoms with Crippen LogP contribution in [0, 0.1) is 5.92 Å². The number of likely N-dealkylation sites (tertiary alicyclic amines) is 1. The SMILES string of the molecule is CCC1CCCN1Cc1cc(NC(=O)c2ccc(N3CCC(C(=O)O)CC3)cc2)ncc1-c1ccc(OC(F)(F)F)cc1. The number of piperidine rings is 1. The van der Waals surface area contributed by atoms with E-state index in [9.17, 15) is 27.9 Å². The lowest BCUT2D eigenvalue weighted by Gasteiger charge is -2.32. The number of nitrogens with zero attached hydrogens (tertiary/aromatic N) is 3. The van der Waals surface area contributed by atoms with Gasteiger partial charge in [0, 0.05) is 48.7 Å². The van der Waals surface area contributed by atoms with E-state index >= 15 is 0 Å². The summed E-state index contributed by atoms with van der Waals surface area (Å²) in [7, 11) is 0. The second-order valence-electron chi connectivity index (χ2n) is 11.1. The van der Waals surface area contributed by atoms with Crippen molar-refractivity contribution in [2.24, 2.45) is 5.92 Å². The van der Waals surface area contributed by atoms with Crippen LogP contribution in [0.1, 0.15) is 54.9 Å². The van der Waals surface area contributed by atoms with E-state index in [2.05, 4.69) is 31.8 Å². The number of carbonyl (C=O) groups is 2. The fraction of sp³-hybridized carbons (Fsp3) is 0.406. The zero-order valence-corrected chi connectivity index (χ0v) is 23.9. The molecule has 2 aliphatic rings. The first-order chi connectivity index (χ1) is 20.6. The number of hydrogen-bond donors (Lipinski definition) is 2. The maximum atomic E-state index is 13.1. The van der Waals surface area contributed by atoms with Crippen LogP contribution in [0.5, 0.6) is 5.75 Å². The van der Waals surface area contributed by atoms with Gasteiger partial charge in [0.15, 0.2) is 0 Å². The highest BCUT2D eigenvalue weighted by Gasteiger charge is 2.31. The number of pyridine rings is 1. The van der Waals surface area contributed by atoms with Crippen molar-refractivity contribution in [2.75, 3.05) is 29.9 Å². The van der Waals surface area contributed by atoms with Gasteiger partial charge >= 0.3 is 12.3 Å². The Kier molecular flexibility index (Phi) is 9.19. The first-order valence-corrected chi connectivity index (χ1v) is 14.6.